The molecule has 0 atom stereocenters. The summed E-state index contributed by atoms with van der Waals surface area (Å²) in [6.07, 6.45) is -1.94. The number of carbonyl (C=O) groups is 2. The van der Waals surface area contributed by atoms with Crippen LogP contribution in [-0.4, -0.2) is 29.1 Å². The van der Waals surface area contributed by atoms with Crippen molar-refractivity contribution in [1.29, 1.82) is 0 Å². The summed E-state index contributed by atoms with van der Waals surface area (Å²) in [5.41, 5.74) is 5.84. The summed E-state index contributed by atoms with van der Waals surface area (Å²) < 4.78 is 51.3. The van der Waals surface area contributed by atoms with Crippen molar-refractivity contribution in [1.82, 2.24) is 15.6 Å². The number of hydrogen-bond acceptors (Lipinski definition) is 8. The molecule has 13 heteroatoms. The molecule has 0 aliphatic heterocycles. The number of halogens is 3. The fraction of sp³-hybridized carbons (Fsp3) is 0.323. The number of amides is 2. The molecular formula is C31H37F3N6O4. The second-order valence-electron chi connectivity index (χ2n) is 10.8. The first-order chi connectivity index (χ1) is 20.7. The monoisotopic (exact) mass is 614 g/mol. The summed E-state index contributed by atoms with van der Waals surface area (Å²) in [4.78, 5) is 28.2. The molecule has 1 heterocycles. The molecule has 0 saturated heterocycles. The molecule has 6 N–H and O–H groups in total. The number of hydrogen-bond donors (Lipinski definition) is 4. The molecule has 0 unspecified atom stereocenters. The van der Waals surface area contributed by atoms with E-state index in [0.717, 1.165) is 11.8 Å². The molecule has 0 radical (unpaired) electrons. The number of aromatic nitrogens is 1. The van der Waals surface area contributed by atoms with Crippen LogP contribution in [0.4, 0.5) is 23.7 Å². The summed E-state index contributed by atoms with van der Waals surface area (Å²) in [5, 5.41) is 6.67. The lowest BCUT2D eigenvalue weighted by Gasteiger charge is -2.20. The minimum atomic E-state index is -4.76. The van der Waals surface area contributed by atoms with Gasteiger partial charge >= 0.3 is 12.3 Å². The second-order valence-corrected chi connectivity index (χ2v) is 10.8. The number of alkyl carbamates (subject to hydrolysis) is 1. The smallest absolute Gasteiger partial charge is 0.433 e. The van der Waals surface area contributed by atoms with Gasteiger partial charge in [0.1, 0.15) is 17.0 Å². The van der Waals surface area contributed by atoms with Gasteiger partial charge in [0.25, 0.3) is 5.91 Å². The number of nitrogens with one attached hydrogen (secondary N) is 2. The van der Waals surface area contributed by atoms with Crippen LogP contribution in [0.25, 0.3) is 0 Å². The quantitative estimate of drug-likeness (QED) is 0.111. The third-order valence-electron chi connectivity index (χ3n) is 5.84. The highest BCUT2D eigenvalue weighted by atomic mass is 19.4. The van der Waals surface area contributed by atoms with Crippen molar-refractivity contribution in [2.45, 2.75) is 58.4 Å². The normalized spacial score (nSPS) is 11.9. The van der Waals surface area contributed by atoms with Gasteiger partial charge in [0.05, 0.1) is 5.69 Å². The molecule has 10 nitrogen and oxygen atoms in total. The Labute approximate surface area is 254 Å². The lowest BCUT2D eigenvalue weighted by molar-refractivity contribution is -0.141. The van der Waals surface area contributed by atoms with E-state index in [-0.39, 0.29) is 35.2 Å². The molecule has 2 amide bonds. The predicted molar refractivity (Wildman–Crippen MR) is 160 cm³/mol. The Hall–Kier alpha value is -4.78. The number of nitrogens with zero attached hydrogens (tertiary/aromatic N) is 2. The van der Waals surface area contributed by atoms with E-state index in [1.54, 1.807) is 39.1 Å². The Morgan fingerprint density at radius 3 is 2.39 bits per heavy atom. The summed E-state index contributed by atoms with van der Waals surface area (Å²) >= 11 is 0. The highest BCUT2D eigenvalue weighted by molar-refractivity contribution is 5.94. The number of unbranched alkanes of at least 4 members (excludes halogenated alkanes) is 1. The molecule has 0 spiro atoms. The van der Waals surface area contributed by atoms with Crippen molar-refractivity contribution in [2.75, 3.05) is 11.6 Å². The van der Waals surface area contributed by atoms with E-state index in [9.17, 15) is 22.8 Å². The van der Waals surface area contributed by atoms with E-state index in [1.165, 1.54) is 23.2 Å². The molecule has 0 aliphatic rings. The Balaban J connectivity index is 1.56. The van der Waals surface area contributed by atoms with Crippen LogP contribution >= 0.6 is 0 Å². The molecule has 236 valence electrons. The van der Waals surface area contributed by atoms with Gasteiger partial charge in [-0.2, -0.15) is 13.2 Å². The lowest BCUT2D eigenvalue weighted by atomic mass is 10.1. The van der Waals surface area contributed by atoms with Crippen molar-refractivity contribution in [3.05, 3.63) is 95.4 Å². The zero-order chi connectivity index (χ0) is 32.3. The first-order valence-electron chi connectivity index (χ1n) is 13.9. The van der Waals surface area contributed by atoms with Crippen molar-refractivity contribution in [3.63, 3.8) is 0 Å². The standard InChI is InChI=1S/C31H37F3N6O4/c1-30(2,3)44-29(42)38-19-21-16-26(31(32,33)34)39-27(17-21)43-25-14-9-10-22(18-25)28(41)37-15-8-7-11-23(35)20-40(36)24-12-5-4-6-13-24/h4-6,9-10,12-14,16-18,20H,7-8,11,15,19,35-36H2,1-3H3,(H,37,41)(H,38,42)/b23-20-. The van der Waals surface area contributed by atoms with Gasteiger partial charge < -0.3 is 25.8 Å². The first-order valence-corrected chi connectivity index (χ1v) is 13.9. The van der Waals surface area contributed by atoms with Crippen LogP contribution in [-0.2, 0) is 17.5 Å². The molecule has 0 bridgehead atoms. The Bertz CT molecular complexity index is 1440. The summed E-state index contributed by atoms with van der Waals surface area (Å²) in [6, 6.07) is 17.4. The maximum Gasteiger partial charge on any atom is 0.433 e. The number of para-hydroxylation sites is 1. The van der Waals surface area contributed by atoms with Gasteiger partial charge in [-0.1, -0.05) is 24.3 Å². The molecule has 44 heavy (non-hydrogen) atoms. The summed E-state index contributed by atoms with van der Waals surface area (Å²) in [7, 11) is 0. The average molecular weight is 615 g/mol. The predicted octanol–water partition coefficient (Wildman–Crippen LogP) is 6.00. The lowest BCUT2D eigenvalue weighted by Crippen LogP contribution is -2.32. The molecule has 0 fully saturated rings. The van der Waals surface area contributed by atoms with Gasteiger partial charge in [0.15, 0.2) is 0 Å². The van der Waals surface area contributed by atoms with Crippen LogP contribution in [0.3, 0.4) is 0 Å². The highest BCUT2D eigenvalue weighted by Gasteiger charge is 2.33. The maximum absolute atomic E-state index is 13.5. The van der Waals surface area contributed by atoms with E-state index in [1.807, 2.05) is 30.3 Å². The number of allylic oxidation sites excluding steroid dienone is 1. The molecule has 0 aliphatic carbocycles. The van der Waals surface area contributed by atoms with Crippen molar-refractivity contribution >= 4 is 17.7 Å². The van der Waals surface area contributed by atoms with Gasteiger partial charge in [0.2, 0.25) is 5.88 Å². The molecular weight excluding hydrogens is 577 g/mol. The van der Waals surface area contributed by atoms with Gasteiger partial charge in [-0.05, 0) is 82.0 Å². The van der Waals surface area contributed by atoms with E-state index in [4.69, 9.17) is 21.1 Å². The third-order valence-corrected chi connectivity index (χ3v) is 5.84. The SMILES string of the molecule is CC(C)(C)OC(=O)NCc1cc(Oc2cccc(C(=O)NCCCC/C(N)=C/N(N)c3ccccc3)c2)nc(C(F)(F)F)c1. The third kappa shape index (κ3) is 11.5. The van der Waals surface area contributed by atoms with Crippen LogP contribution in [0.1, 0.15) is 61.6 Å². The van der Waals surface area contributed by atoms with Crippen LogP contribution in [0.15, 0.2) is 78.6 Å². The second kappa shape index (κ2) is 15.1. The number of pyridine rings is 1. The van der Waals surface area contributed by atoms with Gasteiger partial charge in [-0.25, -0.2) is 15.6 Å². The van der Waals surface area contributed by atoms with E-state index in [2.05, 4.69) is 15.6 Å². The molecule has 1 aromatic heterocycles. The van der Waals surface area contributed by atoms with Crippen LogP contribution < -0.4 is 32.0 Å². The fourth-order valence-electron chi connectivity index (χ4n) is 3.84. The van der Waals surface area contributed by atoms with Gasteiger partial charge in [-0.3, -0.25) is 9.80 Å². The van der Waals surface area contributed by atoms with E-state index >= 15 is 0 Å². The number of ether oxygens (including phenoxy) is 2. The Kier molecular flexibility index (Phi) is 11.6. The number of hydrazine groups is 1. The first kappa shape index (κ1) is 33.7. The largest absolute Gasteiger partial charge is 0.444 e. The zero-order valence-corrected chi connectivity index (χ0v) is 24.8. The van der Waals surface area contributed by atoms with Crippen LogP contribution in [0.2, 0.25) is 0 Å². The molecule has 2 aromatic carbocycles. The number of alkyl halides is 3. The summed E-state index contributed by atoms with van der Waals surface area (Å²) in [5.74, 6) is 5.38. The van der Waals surface area contributed by atoms with Crippen LogP contribution in [0.5, 0.6) is 11.6 Å². The van der Waals surface area contributed by atoms with Crippen molar-refractivity contribution < 1.29 is 32.2 Å². The maximum atomic E-state index is 13.5. The topological polar surface area (TPSA) is 145 Å². The molecule has 0 saturated carbocycles. The average Bonchev–Trinajstić information content (AvgIpc) is 2.95. The number of benzene rings is 2. The minimum Gasteiger partial charge on any atom is -0.444 e. The minimum absolute atomic E-state index is 0.0943. The number of rotatable bonds is 12. The summed E-state index contributed by atoms with van der Waals surface area (Å²) in [6.45, 7) is 5.13. The number of nitrogens with two attached hydrogens (primary N) is 2. The fourth-order valence-corrected chi connectivity index (χ4v) is 3.84. The van der Waals surface area contributed by atoms with Crippen molar-refractivity contribution in [2.24, 2.45) is 11.6 Å². The van der Waals surface area contributed by atoms with Gasteiger partial charge in [-0.15, -0.1) is 0 Å². The highest BCUT2D eigenvalue weighted by Crippen LogP contribution is 2.31. The number of carbonyl (C=O) groups excluding carboxylic acids is 2. The van der Waals surface area contributed by atoms with Crippen molar-refractivity contribution in [3.8, 4) is 11.6 Å². The Morgan fingerprint density at radius 1 is 0.977 bits per heavy atom. The van der Waals surface area contributed by atoms with E-state index < -0.39 is 23.6 Å². The van der Waals surface area contributed by atoms with E-state index in [0.29, 0.717) is 31.5 Å². The van der Waals surface area contributed by atoms with Crippen LogP contribution in [0, 0.1) is 0 Å². The van der Waals surface area contributed by atoms with Gasteiger partial charge in [0, 0.05) is 36.6 Å². The zero-order valence-electron chi connectivity index (χ0n) is 24.8. The molecule has 3 aromatic rings. The molecule has 3 rings (SSSR count). The number of anilines is 1. The Morgan fingerprint density at radius 2 is 1.70 bits per heavy atom.